The maximum atomic E-state index is 12.0. The first-order chi connectivity index (χ1) is 12.0. The molecule has 3 rings (SSSR count). The Kier molecular flexibility index (Phi) is 4.73. The Morgan fingerprint density at radius 2 is 1.48 bits per heavy atom. The van der Waals surface area contributed by atoms with Gasteiger partial charge in [0.25, 0.3) is 11.8 Å². The van der Waals surface area contributed by atoms with Crippen molar-refractivity contribution in [2.75, 3.05) is 5.01 Å². The van der Waals surface area contributed by atoms with Gasteiger partial charge in [-0.25, -0.2) is 5.01 Å². The van der Waals surface area contributed by atoms with Gasteiger partial charge in [-0.05, 0) is 48.5 Å². The molecule has 0 unspecified atom stereocenters. The Hall–Kier alpha value is -3.23. The van der Waals surface area contributed by atoms with Crippen LogP contribution in [0.4, 0.5) is 5.69 Å². The summed E-state index contributed by atoms with van der Waals surface area (Å²) in [6.45, 7) is 0. The summed E-state index contributed by atoms with van der Waals surface area (Å²) in [6, 6.07) is 12.3. The van der Waals surface area contributed by atoms with Crippen molar-refractivity contribution in [2.45, 2.75) is 0 Å². The van der Waals surface area contributed by atoms with Crippen molar-refractivity contribution >= 4 is 29.1 Å². The first kappa shape index (κ1) is 16.6. The van der Waals surface area contributed by atoms with Gasteiger partial charge in [0, 0.05) is 16.1 Å². The standard InChI is InChI=1S/C16H11ClN4O4/c17-12-5-1-10(2-6-12)15(23)18-19-16(24)11-3-7-13(8-4-11)21-9-14(22)25-20-21/h1-9,20,22H. The predicted molar refractivity (Wildman–Crippen MR) is 88.8 cm³/mol. The van der Waals surface area contributed by atoms with E-state index in [0.717, 1.165) is 0 Å². The van der Waals surface area contributed by atoms with E-state index in [4.69, 9.17) is 16.7 Å². The van der Waals surface area contributed by atoms with E-state index >= 15 is 0 Å². The van der Waals surface area contributed by atoms with Crippen LogP contribution < -0.4 is 10.6 Å². The quantitative estimate of drug-likeness (QED) is 0.815. The van der Waals surface area contributed by atoms with Gasteiger partial charge in [0.05, 0.1) is 5.69 Å². The van der Waals surface area contributed by atoms with Crippen molar-refractivity contribution in [2.24, 2.45) is 10.2 Å². The summed E-state index contributed by atoms with van der Waals surface area (Å²) in [5.74, 6) is -1.58. The van der Waals surface area contributed by atoms with E-state index in [1.807, 2.05) is 0 Å². The van der Waals surface area contributed by atoms with E-state index in [9.17, 15) is 9.59 Å². The predicted octanol–water partition coefficient (Wildman–Crippen LogP) is 3.39. The SMILES string of the molecule is O=C(N=NC(=O)c1ccc(N2C=C(O)ON2)cc1)c1ccc(Cl)cc1. The second-order valence-electron chi connectivity index (χ2n) is 4.89. The number of aliphatic hydroxyl groups excluding tert-OH is 1. The smallest absolute Gasteiger partial charge is 0.317 e. The van der Waals surface area contributed by atoms with E-state index in [1.54, 1.807) is 24.3 Å². The fraction of sp³-hybridized carbons (Fsp3) is 0. The summed E-state index contributed by atoms with van der Waals surface area (Å²) >= 11 is 5.74. The minimum atomic E-state index is -0.655. The molecule has 0 bridgehead atoms. The average molecular weight is 359 g/mol. The number of benzene rings is 2. The highest BCUT2D eigenvalue weighted by molar-refractivity contribution is 6.30. The molecular weight excluding hydrogens is 348 g/mol. The molecule has 2 aromatic carbocycles. The van der Waals surface area contributed by atoms with Gasteiger partial charge in [-0.15, -0.1) is 10.2 Å². The number of nitrogens with zero attached hydrogens (tertiary/aromatic N) is 3. The van der Waals surface area contributed by atoms with Crippen LogP contribution in [0, 0.1) is 0 Å². The fourth-order valence-electron chi connectivity index (χ4n) is 1.95. The third-order valence-electron chi connectivity index (χ3n) is 3.20. The monoisotopic (exact) mass is 358 g/mol. The van der Waals surface area contributed by atoms with Crippen molar-refractivity contribution in [1.29, 1.82) is 0 Å². The van der Waals surface area contributed by atoms with Crippen LogP contribution in [0.2, 0.25) is 5.02 Å². The van der Waals surface area contributed by atoms with Gasteiger partial charge in [0.2, 0.25) is 0 Å². The lowest BCUT2D eigenvalue weighted by Crippen LogP contribution is -2.26. The second-order valence-corrected chi connectivity index (χ2v) is 5.33. The number of carbonyl (C=O) groups is 2. The summed E-state index contributed by atoms with van der Waals surface area (Å²) in [5, 5.41) is 17.9. The summed E-state index contributed by atoms with van der Waals surface area (Å²) in [5.41, 5.74) is 3.60. The molecule has 0 radical (unpaired) electrons. The molecule has 0 atom stereocenters. The Bertz CT molecular complexity index is 863. The number of azo groups is 1. The number of amides is 2. The molecule has 0 aliphatic carbocycles. The second kappa shape index (κ2) is 7.12. The van der Waals surface area contributed by atoms with Crippen molar-refractivity contribution in [3.8, 4) is 0 Å². The van der Waals surface area contributed by atoms with Crippen LogP contribution in [-0.4, -0.2) is 16.9 Å². The van der Waals surface area contributed by atoms with Gasteiger partial charge in [0.15, 0.2) is 0 Å². The van der Waals surface area contributed by atoms with Crippen LogP contribution in [0.15, 0.2) is 70.9 Å². The van der Waals surface area contributed by atoms with E-state index in [1.165, 1.54) is 35.5 Å². The van der Waals surface area contributed by atoms with Crippen LogP contribution in [0.5, 0.6) is 0 Å². The molecule has 2 N–H and O–H groups in total. The zero-order chi connectivity index (χ0) is 17.8. The van der Waals surface area contributed by atoms with E-state index in [0.29, 0.717) is 10.7 Å². The highest BCUT2D eigenvalue weighted by atomic mass is 35.5. The average Bonchev–Trinajstić information content (AvgIpc) is 3.06. The Balaban J connectivity index is 1.66. The molecule has 0 fully saturated rings. The van der Waals surface area contributed by atoms with Gasteiger partial charge < -0.3 is 9.94 Å². The molecule has 25 heavy (non-hydrogen) atoms. The third-order valence-corrected chi connectivity index (χ3v) is 3.46. The third kappa shape index (κ3) is 4.00. The van der Waals surface area contributed by atoms with Crippen LogP contribution in [0.1, 0.15) is 20.7 Å². The summed E-state index contributed by atoms with van der Waals surface area (Å²) in [4.78, 5) is 28.5. The lowest BCUT2D eigenvalue weighted by Gasteiger charge is -2.12. The first-order valence-corrected chi connectivity index (χ1v) is 7.39. The number of aliphatic hydroxyl groups is 1. The van der Waals surface area contributed by atoms with Crippen LogP contribution in [-0.2, 0) is 4.84 Å². The highest BCUT2D eigenvalue weighted by Crippen LogP contribution is 2.18. The van der Waals surface area contributed by atoms with Gasteiger partial charge in [-0.3, -0.25) is 9.59 Å². The van der Waals surface area contributed by atoms with Crippen LogP contribution in [0.25, 0.3) is 0 Å². The van der Waals surface area contributed by atoms with Gasteiger partial charge in [0.1, 0.15) is 6.20 Å². The minimum Gasteiger partial charge on any atom is -0.479 e. The van der Waals surface area contributed by atoms with Crippen molar-refractivity contribution < 1.29 is 19.5 Å². The number of halogens is 1. The minimum absolute atomic E-state index is 0.254. The maximum Gasteiger partial charge on any atom is 0.317 e. The van der Waals surface area contributed by atoms with Gasteiger partial charge in [-0.2, -0.15) is 0 Å². The lowest BCUT2D eigenvalue weighted by atomic mass is 10.2. The van der Waals surface area contributed by atoms with Crippen LogP contribution >= 0.6 is 11.6 Å². The number of anilines is 1. The van der Waals surface area contributed by atoms with E-state index < -0.39 is 11.8 Å². The number of nitrogens with one attached hydrogen (secondary N) is 1. The zero-order valence-corrected chi connectivity index (χ0v) is 13.3. The normalized spacial score (nSPS) is 13.6. The number of rotatable bonds is 3. The molecule has 2 amide bonds. The summed E-state index contributed by atoms with van der Waals surface area (Å²) in [6.07, 6.45) is 1.32. The summed E-state index contributed by atoms with van der Waals surface area (Å²) < 4.78 is 0. The molecule has 1 heterocycles. The molecule has 126 valence electrons. The largest absolute Gasteiger partial charge is 0.479 e. The molecule has 9 heteroatoms. The molecule has 0 saturated heterocycles. The summed E-state index contributed by atoms with van der Waals surface area (Å²) in [7, 11) is 0. The molecule has 0 spiro atoms. The first-order valence-electron chi connectivity index (χ1n) is 7.01. The van der Waals surface area contributed by atoms with E-state index in [2.05, 4.69) is 20.7 Å². The molecule has 1 aliphatic heterocycles. The number of hydrogen-bond donors (Lipinski definition) is 2. The van der Waals surface area contributed by atoms with Crippen molar-refractivity contribution in [3.63, 3.8) is 0 Å². The number of hydrogen-bond acceptors (Lipinski definition) is 6. The van der Waals surface area contributed by atoms with Crippen molar-refractivity contribution in [3.05, 3.63) is 76.8 Å². The van der Waals surface area contributed by atoms with Gasteiger partial charge >= 0.3 is 5.95 Å². The molecule has 1 aliphatic rings. The van der Waals surface area contributed by atoms with Gasteiger partial charge in [-0.1, -0.05) is 17.2 Å². The van der Waals surface area contributed by atoms with Crippen LogP contribution in [0.3, 0.4) is 0 Å². The fourth-order valence-corrected chi connectivity index (χ4v) is 2.08. The topological polar surface area (TPSA) is 104 Å². The molecular formula is C16H11ClN4O4. The maximum absolute atomic E-state index is 12.0. The zero-order valence-electron chi connectivity index (χ0n) is 12.6. The Labute approximate surface area is 146 Å². The molecule has 0 saturated carbocycles. The number of carbonyl (C=O) groups excluding carboxylic acids is 2. The number of hydrazine groups is 1. The highest BCUT2D eigenvalue weighted by Gasteiger charge is 2.14. The van der Waals surface area contributed by atoms with Crippen molar-refractivity contribution in [1.82, 2.24) is 5.59 Å². The molecule has 0 aromatic heterocycles. The lowest BCUT2D eigenvalue weighted by molar-refractivity contribution is 0.0458. The Morgan fingerprint density at radius 1 is 0.960 bits per heavy atom. The molecule has 2 aromatic rings. The molecule has 8 nitrogen and oxygen atoms in total. The van der Waals surface area contributed by atoms with E-state index in [-0.39, 0.29) is 17.1 Å². The Morgan fingerprint density at radius 3 is 1.96 bits per heavy atom.